The van der Waals surface area contributed by atoms with Crippen molar-refractivity contribution >= 4 is 11.8 Å². The molecule has 0 saturated carbocycles. The van der Waals surface area contributed by atoms with Gasteiger partial charge in [0.1, 0.15) is 0 Å². The summed E-state index contributed by atoms with van der Waals surface area (Å²) in [4.78, 5) is 33.4. The molecule has 1 N–H and O–H groups in total. The van der Waals surface area contributed by atoms with Gasteiger partial charge in [-0.25, -0.2) is 9.97 Å². The van der Waals surface area contributed by atoms with Crippen molar-refractivity contribution < 1.29 is 18.4 Å². The lowest BCUT2D eigenvalue weighted by Crippen LogP contribution is -2.50. The highest BCUT2D eigenvalue weighted by molar-refractivity contribution is 5.95. The van der Waals surface area contributed by atoms with E-state index in [0.29, 0.717) is 13.0 Å². The molecular weight excluding hydrogens is 356 g/mol. The molecule has 1 aliphatic rings. The van der Waals surface area contributed by atoms with Crippen LogP contribution in [0.3, 0.4) is 0 Å². The van der Waals surface area contributed by atoms with E-state index in [1.54, 1.807) is 0 Å². The molecule has 0 spiro atoms. The number of carbonyl (C=O) groups excluding carboxylic acids is 2. The zero-order chi connectivity index (χ0) is 19.4. The van der Waals surface area contributed by atoms with Gasteiger partial charge in [-0.3, -0.25) is 9.59 Å². The van der Waals surface area contributed by atoms with Gasteiger partial charge in [0, 0.05) is 25.5 Å². The Bertz CT molecular complexity index is 895. The summed E-state index contributed by atoms with van der Waals surface area (Å²) in [6.07, 6.45) is 2.62. The summed E-state index contributed by atoms with van der Waals surface area (Å²) in [5, 5.41) is 11.9. The van der Waals surface area contributed by atoms with Gasteiger partial charge in [0.05, 0.1) is 29.2 Å². The number of likely N-dealkylation sites (tertiary alicyclic amines) is 1. The number of rotatable bonds is 4. The lowest BCUT2D eigenvalue weighted by molar-refractivity contribution is 0.0765. The van der Waals surface area contributed by atoms with E-state index in [4.69, 9.17) is 5.26 Å². The molecule has 0 bridgehead atoms. The Labute approximate surface area is 153 Å². The quantitative estimate of drug-likeness (QED) is 0.825. The second-order valence-electron chi connectivity index (χ2n) is 6.29. The standard InChI is InChI=1S/C18H15F2N5O2/c19-14-3-1-12(9-22-14)16(26)24-18(5-7-21)6-8-25(11-18)17(27)13-2-4-15(20)23-10-13/h1-4,9-10H,5-6,8,11H2,(H,24,26). The number of carbonyl (C=O) groups is 2. The number of aromatic nitrogens is 2. The first-order chi connectivity index (χ1) is 12.9. The summed E-state index contributed by atoms with van der Waals surface area (Å²) in [6, 6.07) is 6.82. The Kier molecular flexibility index (Phi) is 5.07. The van der Waals surface area contributed by atoms with E-state index in [0.717, 1.165) is 24.5 Å². The number of nitriles is 1. The molecule has 27 heavy (non-hydrogen) atoms. The summed E-state index contributed by atoms with van der Waals surface area (Å²) in [5.41, 5.74) is -0.553. The normalized spacial score (nSPS) is 18.8. The molecule has 0 aromatic carbocycles. The molecule has 7 nitrogen and oxygen atoms in total. The smallest absolute Gasteiger partial charge is 0.255 e. The molecule has 2 aromatic rings. The van der Waals surface area contributed by atoms with Crippen LogP contribution < -0.4 is 5.32 Å². The van der Waals surface area contributed by atoms with Crippen LogP contribution in [0.2, 0.25) is 0 Å². The first-order valence-corrected chi connectivity index (χ1v) is 8.14. The van der Waals surface area contributed by atoms with Crippen LogP contribution in [0.5, 0.6) is 0 Å². The number of pyridine rings is 2. The highest BCUT2D eigenvalue weighted by Crippen LogP contribution is 2.26. The monoisotopic (exact) mass is 371 g/mol. The first-order valence-electron chi connectivity index (χ1n) is 8.14. The highest BCUT2D eigenvalue weighted by Gasteiger charge is 2.41. The number of nitrogens with one attached hydrogen (secondary N) is 1. The van der Waals surface area contributed by atoms with Crippen molar-refractivity contribution in [2.75, 3.05) is 13.1 Å². The molecule has 1 fully saturated rings. The van der Waals surface area contributed by atoms with E-state index in [-0.39, 0.29) is 30.0 Å². The van der Waals surface area contributed by atoms with Gasteiger partial charge >= 0.3 is 0 Å². The molecule has 0 radical (unpaired) electrons. The van der Waals surface area contributed by atoms with E-state index < -0.39 is 23.3 Å². The van der Waals surface area contributed by atoms with Crippen molar-refractivity contribution in [2.24, 2.45) is 0 Å². The Morgan fingerprint density at radius 1 is 1.15 bits per heavy atom. The maximum atomic E-state index is 12.9. The maximum absolute atomic E-state index is 12.9. The predicted molar refractivity (Wildman–Crippen MR) is 89.3 cm³/mol. The number of halogens is 2. The highest BCUT2D eigenvalue weighted by atomic mass is 19.1. The zero-order valence-electron chi connectivity index (χ0n) is 14.2. The summed E-state index contributed by atoms with van der Waals surface area (Å²) < 4.78 is 25.9. The minimum atomic E-state index is -0.927. The molecule has 1 aliphatic heterocycles. The molecule has 2 aromatic heterocycles. The minimum absolute atomic E-state index is 0.00118. The zero-order valence-corrected chi connectivity index (χ0v) is 14.2. The van der Waals surface area contributed by atoms with Crippen molar-refractivity contribution in [1.29, 1.82) is 5.26 Å². The van der Waals surface area contributed by atoms with Gasteiger partial charge in [-0.15, -0.1) is 0 Å². The van der Waals surface area contributed by atoms with E-state index >= 15 is 0 Å². The molecule has 2 amide bonds. The van der Waals surface area contributed by atoms with Crippen molar-refractivity contribution in [2.45, 2.75) is 18.4 Å². The van der Waals surface area contributed by atoms with Crippen molar-refractivity contribution in [3.63, 3.8) is 0 Å². The molecule has 3 rings (SSSR count). The third-order valence-corrected chi connectivity index (χ3v) is 4.40. The lowest BCUT2D eigenvalue weighted by atomic mass is 9.94. The van der Waals surface area contributed by atoms with Crippen LogP contribution >= 0.6 is 0 Å². The summed E-state index contributed by atoms with van der Waals surface area (Å²) in [7, 11) is 0. The van der Waals surface area contributed by atoms with Crippen LogP contribution in [-0.4, -0.2) is 45.3 Å². The van der Waals surface area contributed by atoms with Gasteiger partial charge in [0.15, 0.2) is 0 Å². The number of nitrogens with zero attached hydrogens (tertiary/aromatic N) is 4. The second kappa shape index (κ2) is 7.45. The molecule has 138 valence electrons. The third kappa shape index (κ3) is 4.06. The van der Waals surface area contributed by atoms with E-state index in [9.17, 15) is 18.4 Å². The summed E-state index contributed by atoms with van der Waals surface area (Å²) in [6.45, 7) is 0.441. The summed E-state index contributed by atoms with van der Waals surface area (Å²) in [5.74, 6) is -2.26. The van der Waals surface area contributed by atoms with Crippen molar-refractivity contribution in [3.05, 3.63) is 59.7 Å². The number of amides is 2. The lowest BCUT2D eigenvalue weighted by Gasteiger charge is -2.28. The Morgan fingerprint density at radius 2 is 1.78 bits per heavy atom. The fourth-order valence-electron chi connectivity index (χ4n) is 3.00. The van der Waals surface area contributed by atoms with Gasteiger partial charge in [-0.05, 0) is 30.7 Å². The van der Waals surface area contributed by atoms with Gasteiger partial charge in [0.25, 0.3) is 11.8 Å². The van der Waals surface area contributed by atoms with E-state index in [1.807, 2.05) is 6.07 Å². The predicted octanol–water partition coefficient (Wildman–Crippen LogP) is 1.68. The average Bonchev–Trinajstić information content (AvgIpc) is 3.06. The van der Waals surface area contributed by atoms with Crippen LogP contribution in [0.25, 0.3) is 0 Å². The van der Waals surface area contributed by atoms with Crippen LogP contribution in [0.1, 0.15) is 33.6 Å². The van der Waals surface area contributed by atoms with E-state index in [1.165, 1.54) is 17.0 Å². The Morgan fingerprint density at radius 3 is 2.33 bits per heavy atom. The SMILES string of the molecule is N#CCC1(NC(=O)c2ccc(F)nc2)CCN(C(=O)c2ccc(F)nc2)C1. The van der Waals surface area contributed by atoms with Gasteiger partial charge in [0.2, 0.25) is 11.9 Å². The van der Waals surface area contributed by atoms with Crippen molar-refractivity contribution in [3.8, 4) is 6.07 Å². The van der Waals surface area contributed by atoms with Crippen molar-refractivity contribution in [1.82, 2.24) is 20.2 Å². The fraction of sp³-hybridized carbons (Fsp3) is 0.278. The van der Waals surface area contributed by atoms with Crippen LogP contribution in [-0.2, 0) is 0 Å². The molecule has 1 atom stereocenters. The maximum Gasteiger partial charge on any atom is 0.255 e. The fourth-order valence-corrected chi connectivity index (χ4v) is 3.00. The molecular formula is C18H15F2N5O2. The molecule has 3 heterocycles. The van der Waals surface area contributed by atoms with Gasteiger partial charge < -0.3 is 10.2 Å². The Balaban J connectivity index is 1.74. The third-order valence-electron chi connectivity index (χ3n) is 4.40. The van der Waals surface area contributed by atoms with Crippen LogP contribution in [0.4, 0.5) is 8.78 Å². The molecule has 1 saturated heterocycles. The number of hydrogen-bond acceptors (Lipinski definition) is 5. The minimum Gasteiger partial charge on any atom is -0.344 e. The number of hydrogen-bond donors (Lipinski definition) is 1. The van der Waals surface area contributed by atoms with Crippen LogP contribution in [0.15, 0.2) is 36.7 Å². The molecule has 1 unspecified atom stereocenters. The Hall–Kier alpha value is -3.41. The van der Waals surface area contributed by atoms with Gasteiger partial charge in [-0.2, -0.15) is 14.0 Å². The van der Waals surface area contributed by atoms with Crippen LogP contribution in [0, 0.1) is 23.2 Å². The van der Waals surface area contributed by atoms with E-state index in [2.05, 4.69) is 15.3 Å². The second-order valence-corrected chi connectivity index (χ2v) is 6.29. The molecule has 0 aliphatic carbocycles. The largest absolute Gasteiger partial charge is 0.344 e. The van der Waals surface area contributed by atoms with Gasteiger partial charge in [-0.1, -0.05) is 0 Å². The summed E-state index contributed by atoms with van der Waals surface area (Å²) >= 11 is 0. The first kappa shape index (κ1) is 18.4. The topological polar surface area (TPSA) is 99.0 Å². The average molecular weight is 371 g/mol. The molecule has 9 heteroatoms.